The van der Waals surface area contributed by atoms with Crippen molar-refractivity contribution in [2.24, 2.45) is 16.6 Å². The Morgan fingerprint density at radius 3 is 1.11 bits per heavy atom. The van der Waals surface area contributed by atoms with Crippen LogP contribution in [0.1, 0.15) is 260 Å². The first-order chi connectivity index (χ1) is 29.7. The molecule has 0 saturated carbocycles. The third kappa shape index (κ3) is 71.3. The summed E-state index contributed by atoms with van der Waals surface area (Å²) in [5.41, 5.74) is 3.93. The number of unbranched alkanes of at least 4 members (excludes halogenated alkanes) is 30. The Hall–Kier alpha value is 0.780. The Bertz CT molecular complexity index is 1270. The molecular formula is C51H104N2Na2O9S2. The van der Waals surface area contributed by atoms with Crippen LogP contribution in [0.5, 0.6) is 0 Å². The molecular weight excluding hydrogens is 895 g/mol. The van der Waals surface area contributed by atoms with E-state index in [2.05, 4.69) is 25.7 Å². The average molecular weight is 1000 g/mol. The van der Waals surface area contributed by atoms with Crippen LogP contribution in [-0.4, -0.2) is 74.1 Å². The molecule has 0 atom stereocenters. The van der Waals surface area contributed by atoms with Gasteiger partial charge in [0.15, 0.2) is 5.78 Å². The predicted octanol–water partition coefficient (Wildman–Crippen LogP) is 7.45. The summed E-state index contributed by atoms with van der Waals surface area (Å²) in [5.74, 6) is -1.18. The van der Waals surface area contributed by atoms with Crippen LogP contribution in [0.3, 0.4) is 0 Å². The molecule has 0 aromatic carbocycles. The van der Waals surface area contributed by atoms with Crippen molar-refractivity contribution in [3.8, 4) is 0 Å². The Balaban J connectivity index is -0.000000220. The molecule has 0 heterocycles. The van der Waals surface area contributed by atoms with Gasteiger partial charge in [0, 0.05) is 18.6 Å². The summed E-state index contributed by atoms with van der Waals surface area (Å²) in [5, 5.41) is 3.14. The van der Waals surface area contributed by atoms with Crippen LogP contribution in [0.25, 0.3) is 0 Å². The number of nitrogens with one attached hydrogen (secondary N) is 1. The molecule has 0 amide bonds. The van der Waals surface area contributed by atoms with E-state index in [9.17, 15) is 31.0 Å². The van der Waals surface area contributed by atoms with E-state index in [0.717, 1.165) is 25.6 Å². The largest absolute Gasteiger partial charge is 1.00 e. The minimum Gasteiger partial charge on any atom is -0.870 e. The van der Waals surface area contributed by atoms with E-state index < -0.39 is 42.6 Å². The topological polar surface area (TPSA) is 214 Å². The van der Waals surface area contributed by atoms with Gasteiger partial charge in [0.1, 0.15) is 5.78 Å². The summed E-state index contributed by atoms with van der Waals surface area (Å²) in [6.07, 6.45) is 45.7. The first kappa shape index (κ1) is 78.2. The predicted molar refractivity (Wildman–Crippen MR) is 271 cm³/mol. The summed E-state index contributed by atoms with van der Waals surface area (Å²) >= 11 is 0. The van der Waals surface area contributed by atoms with Crippen LogP contribution in [0.2, 0.25) is 0 Å². The van der Waals surface area contributed by atoms with Crippen molar-refractivity contribution >= 4 is 31.8 Å². The summed E-state index contributed by atoms with van der Waals surface area (Å²) in [7, 11) is -8.33. The molecule has 0 radical (unpaired) electrons. The molecule has 0 aromatic heterocycles. The van der Waals surface area contributed by atoms with Crippen LogP contribution < -0.4 is 70.2 Å². The van der Waals surface area contributed by atoms with E-state index in [4.69, 9.17) is 10.3 Å². The maximum absolute atomic E-state index is 12.0. The molecule has 66 heavy (non-hydrogen) atoms. The molecule has 11 nitrogen and oxygen atoms in total. The molecule has 0 saturated heterocycles. The third-order valence-corrected chi connectivity index (χ3v) is 13.6. The molecule has 0 spiro atoms. The Morgan fingerprint density at radius 2 is 0.833 bits per heavy atom. The molecule has 0 aromatic rings. The van der Waals surface area contributed by atoms with E-state index in [0.29, 0.717) is 0 Å². The molecule has 15 heteroatoms. The molecule has 0 aliphatic heterocycles. The molecule has 0 aliphatic rings. The number of nitrogens with two attached hydrogens (primary N) is 1. The summed E-state index contributed by atoms with van der Waals surface area (Å²) in [4.78, 5) is 22.9. The van der Waals surface area contributed by atoms with Crippen LogP contribution in [0.15, 0.2) is 12.7 Å². The fourth-order valence-electron chi connectivity index (χ4n) is 7.93. The minimum atomic E-state index is -4.30. The van der Waals surface area contributed by atoms with Crippen molar-refractivity contribution in [1.82, 2.24) is 5.32 Å². The molecule has 0 aliphatic carbocycles. The third-order valence-electron chi connectivity index (χ3n) is 11.3. The summed E-state index contributed by atoms with van der Waals surface area (Å²) in [6.45, 7) is 16.3. The second-order valence-corrected chi connectivity index (χ2v) is 22.7. The maximum Gasteiger partial charge on any atom is 1.00 e. The van der Waals surface area contributed by atoms with Gasteiger partial charge in [-0.1, -0.05) is 241 Å². The fraction of sp³-hybridized carbons (Fsp3) is 0.922. The number of carbonyl (C=O) groups is 2. The van der Waals surface area contributed by atoms with Gasteiger partial charge in [0.05, 0.1) is 22.4 Å². The average Bonchev–Trinajstić information content (AvgIpc) is 3.17. The van der Waals surface area contributed by atoms with Gasteiger partial charge >= 0.3 is 59.1 Å². The smallest absolute Gasteiger partial charge is 0.870 e. The monoisotopic (exact) mass is 999 g/mol. The van der Waals surface area contributed by atoms with Crippen molar-refractivity contribution in [2.75, 3.05) is 31.1 Å². The van der Waals surface area contributed by atoms with Gasteiger partial charge < -0.3 is 21.1 Å². The maximum atomic E-state index is 12.0. The second kappa shape index (κ2) is 53.6. The molecule has 0 rings (SSSR count). The van der Waals surface area contributed by atoms with E-state index >= 15 is 0 Å². The van der Waals surface area contributed by atoms with E-state index in [-0.39, 0.29) is 95.5 Å². The van der Waals surface area contributed by atoms with Crippen molar-refractivity contribution in [1.29, 1.82) is 0 Å². The van der Waals surface area contributed by atoms with E-state index in [1.807, 2.05) is 0 Å². The quantitative estimate of drug-likeness (QED) is 0.0236. The van der Waals surface area contributed by atoms with Crippen molar-refractivity contribution in [3.63, 3.8) is 0 Å². The number of hydrogen-bond donors (Lipinski definition) is 3. The zero-order valence-electron chi connectivity index (χ0n) is 44.5. The van der Waals surface area contributed by atoms with Gasteiger partial charge in [-0.3, -0.25) is 14.1 Å². The van der Waals surface area contributed by atoms with Crippen molar-refractivity contribution < 1.29 is 100 Å². The van der Waals surface area contributed by atoms with Gasteiger partial charge in [-0.2, -0.15) is 8.42 Å². The SMILES string of the molecule is C=CC(=O)CC(C)(C)CS(=O)(=O)O.CCCCCCCCCCCCCCCCCCN.CCCCCCCCCCCCCCCCCCNCC(=O)CC(C)(C)CS(=O)(=O)[O-].[Na+].[Na+].[OH-]. The number of hydrogen-bond acceptors (Lipinski definition) is 10. The minimum absolute atomic E-state index is 0. The van der Waals surface area contributed by atoms with Gasteiger partial charge in [-0.15, -0.1) is 0 Å². The Kier molecular flexibility index (Phi) is 63.5. The number of allylic oxidation sites excluding steroid dienone is 1. The van der Waals surface area contributed by atoms with Gasteiger partial charge in [0.2, 0.25) is 0 Å². The van der Waals surface area contributed by atoms with Crippen LogP contribution in [0, 0.1) is 10.8 Å². The fourth-order valence-corrected chi connectivity index (χ4v) is 10.1. The Morgan fingerprint density at radius 1 is 0.545 bits per heavy atom. The van der Waals surface area contributed by atoms with E-state index in [1.165, 1.54) is 199 Å². The summed E-state index contributed by atoms with van der Waals surface area (Å²) < 4.78 is 62.3. The molecule has 0 fully saturated rings. The van der Waals surface area contributed by atoms with Crippen molar-refractivity contribution in [3.05, 3.63) is 12.7 Å². The molecule has 0 bridgehead atoms. The van der Waals surface area contributed by atoms with E-state index in [1.54, 1.807) is 27.7 Å². The zero-order chi connectivity index (χ0) is 48.1. The second-order valence-electron chi connectivity index (χ2n) is 19.9. The summed E-state index contributed by atoms with van der Waals surface area (Å²) in [6, 6.07) is 0. The normalized spacial score (nSPS) is 11.5. The van der Waals surface area contributed by atoms with Gasteiger partial charge in [-0.25, -0.2) is 8.42 Å². The first-order valence-corrected chi connectivity index (χ1v) is 28.9. The number of rotatable bonds is 44. The van der Waals surface area contributed by atoms with Crippen LogP contribution >= 0.6 is 0 Å². The Labute approximate surface area is 453 Å². The number of Topliss-reactive ketones (excluding diaryl/α,β-unsaturated/α-hetero) is 1. The standard InChI is InChI=1S/C25H51NO4S.C18H39N.C8H14O4S.2Na.H2O/c1-4-5-6-7-8-9-10-11-12-13-14-15-16-17-18-19-20-26-22-24(27)21-25(2,3)23-31(28,29)30;1-2-3-4-5-6-7-8-9-10-11-12-13-14-15-16-17-18-19;1-4-7(9)5-8(2,3)6-13(10,11)12;;;/h26H,4-23H2,1-3H3,(H,28,29,30);2-19H2,1H3;4H,1,5-6H2,2-3H3,(H,10,11,12);;;1H2/q;;;2*+1;/p-2. The number of ketones is 2. The van der Waals surface area contributed by atoms with Gasteiger partial charge in [0.25, 0.3) is 10.1 Å². The first-order valence-electron chi connectivity index (χ1n) is 25.7. The molecule has 0 unspecified atom stereocenters. The van der Waals surface area contributed by atoms with Crippen molar-refractivity contribution in [2.45, 2.75) is 260 Å². The van der Waals surface area contributed by atoms with Crippen LogP contribution in [-0.2, 0) is 29.8 Å². The molecule has 5 N–H and O–H groups in total. The van der Waals surface area contributed by atoms with Gasteiger partial charge in [-0.05, 0) is 42.8 Å². The zero-order valence-corrected chi connectivity index (χ0v) is 50.1. The number of carbonyl (C=O) groups excluding carboxylic acids is 2. The molecule has 386 valence electrons. The van der Waals surface area contributed by atoms with Crippen LogP contribution in [0.4, 0.5) is 0 Å².